The molecule has 0 aliphatic carbocycles. The minimum absolute atomic E-state index is 0.132. The first-order chi connectivity index (χ1) is 14.8. The summed E-state index contributed by atoms with van der Waals surface area (Å²) in [5.41, 5.74) is 3.40. The SMILES string of the molecule is CCC(=O)Nc1c(C)noc1C=Cc1ccc(S(=O)(=O)Nc2ccccc2CC)cc1. The molecule has 0 spiro atoms. The standard InChI is InChI=1S/C23H25N3O4S/c1-4-18-8-6-7-9-20(18)26-31(28,29)19-13-10-17(11-14-19)12-15-21-23(16(3)25-30-21)24-22(27)5-2/h6-15,26H,4-5H2,1-3H3,(H,24,27). The molecule has 0 saturated carbocycles. The highest BCUT2D eigenvalue weighted by Crippen LogP contribution is 2.24. The van der Waals surface area contributed by atoms with E-state index in [1.807, 2.05) is 19.1 Å². The number of sulfonamides is 1. The van der Waals surface area contributed by atoms with Crippen molar-refractivity contribution >= 4 is 39.5 Å². The summed E-state index contributed by atoms with van der Waals surface area (Å²) in [6.45, 7) is 5.48. The molecule has 1 heterocycles. The van der Waals surface area contributed by atoms with Gasteiger partial charge in [-0.15, -0.1) is 0 Å². The lowest BCUT2D eigenvalue weighted by molar-refractivity contribution is -0.115. The van der Waals surface area contributed by atoms with Crippen LogP contribution in [0.5, 0.6) is 0 Å². The number of para-hydroxylation sites is 1. The molecule has 7 nitrogen and oxygen atoms in total. The first-order valence-electron chi connectivity index (χ1n) is 9.99. The van der Waals surface area contributed by atoms with Gasteiger partial charge >= 0.3 is 0 Å². The maximum Gasteiger partial charge on any atom is 0.261 e. The van der Waals surface area contributed by atoms with Gasteiger partial charge in [0.2, 0.25) is 5.91 Å². The summed E-state index contributed by atoms with van der Waals surface area (Å²) in [6, 6.07) is 13.8. The maximum absolute atomic E-state index is 12.7. The van der Waals surface area contributed by atoms with E-state index in [0.717, 1.165) is 17.5 Å². The molecule has 0 unspecified atom stereocenters. The number of hydrogen-bond acceptors (Lipinski definition) is 5. The third kappa shape index (κ3) is 5.40. The molecule has 31 heavy (non-hydrogen) atoms. The van der Waals surface area contributed by atoms with E-state index in [2.05, 4.69) is 15.2 Å². The molecule has 3 rings (SSSR count). The second kappa shape index (κ2) is 9.61. The van der Waals surface area contributed by atoms with Crippen LogP contribution in [0, 0.1) is 6.92 Å². The Kier molecular flexibility index (Phi) is 6.91. The number of carbonyl (C=O) groups excluding carboxylic acids is 1. The number of aryl methyl sites for hydroxylation is 2. The number of carbonyl (C=O) groups is 1. The Morgan fingerprint density at radius 2 is 1.77 bits per heavy atom. The van der Waals surface area contributed by atoms with Gasteiger partial charge in [-0.3, -0.25) is 9.52 Å². The fourth-order valence-electron chi connectivity index (χ4n) is 2.94. The van der Waals surface area contributed by atoms with Crippen molar-refractivity contribution in [3.8, 4) is 0 Å². The normalized spacial score (nSPS) is 11.6. The summed E-state index contributed by atoms with van der Waals surface area (Å²) in [7, 11) is -3.70. The topological polar surface area (TPSA) is 101 Å². The lowest BCUT2D eigenvalue weighted by Crippen LogP contribution is -2.14. The quantitative estimate of drug-likeness (QED) is 0.522. The molecular formula is C23H25N3O4S. The second-order valence-electron chi connectivity index (χ2n) is 6.93. The summed E-state index contributed by atoms with van der Waals surface area (Å²) in [5.74, 6) is 0.293. The molecule has 0 aliphatic heterocycles. The van der Waals surface area contributed by atoms with Crippen molar-refractivity contribution < 1.29 is 17.7 Å². The maximum atomic E-state index is 12.7. The van der Waals surface area contributed by atoms with Crippen LogP contribution in [-0.2, 0) is 21.2 Å². The summed E-state index contributed by atoms with van der Waals surface area (Å²) in [4.78, 5) is 11.9. The van der Waals surface area contributed by atoms with Gasteiger partial charge in [-0.05, 0) is 48.7 Å². The molecule has 0 saturated heterocycles. The van der Waals surface area contributed by atoms with Crippen LogP contribution in [0.25, 0.3) is 12.2 Å². The Morgan fingerprint density at radius 3 is 2.45 bits per heavy atom. The zero-order valence-corrected chi connectivity index (χ0v) is 18.5. The van der Waals surface area contributed by atoms with Crippen molar-refractivity contribution in [3.63, 3.8) is 0 Å². The van der Waals surface area contributed by atoms with E-state index in [0.29, 0.717) is 29.2 Å². The van der Waals surface area contributed by atoms with Gasteiger partial charge < -0.3 is 9.84 Å². The summed E-state index contributed by atoms with van der Waals surface area (Å²) in [5, 5.41) is 6.66. The molecule has 0 atom stereocenters. The first kappa shape index (κ1) is 22.3. The first-order valence-corrected chi connectivity index (χ1v) is 11.5. The molecule has 1 amide bonds. The van der Waals surface area contributed by atoms with Gasteiger partial charge in [-0.2, -0.15) is 0 Å². The van der Waals surface area contributed by atoms with E-state index < -0.39 is 10.0 Å². The van der Waals surface area contributed by atoms with E-state index in [1.165, 1.54) is 0 Å². The largest absolute Gasteiger partial charge is 0.354 e. The van der Waals surface area contributed by atoms with Crippen molar-refractivity contribution in [2.75, 3.05) is 10.0 Å². The van der Waals surface area contributed by atoms with Crippen LogP contribution in [-0.4, -0.2) is 19.5 Å². The van der Waals surface area contributed by atoms with Gasteiger partial charge in [-0.1, -0.05) is 55.4 Å². The van der Waals surface area contributed by atoms with Crippen LogP contribution < -0.4 is 10.0 Å². The summed E-state index contributed by atoms with van der Waals surface area (Å²) < 4.78 is 33.4. The van der Waals surface area contributed by atoms with E-state index >= 15 is 0 Å². The van der Waals surface area contributed by atoms with Crippen molar-refractivity contribution in [2.24, 2.45) is 0 Å². The number of hydrogen-bond donors (Lipinski definition) is 2. The third-order valence-corrected chi connectivity index (χ3v) is 6.12. The predicted octanol–water partition coefficient (Wildman–Crippen LogP) is 4.87. The molecule has 162 valence electrons. The smallest absolute Gasteiger partial charge is 0.261 e. The third-order valence-electron chi connectivity index (χ3n) is 4.73. The Labute approximate surface area is 182 Å². The highest BCUT2D eigenvalue weighted by Gasteiger charge is 2.16. The van der Waals surface area contributed by atoms with Gasteiger partial charge in [0.15, 0.2) is 5.76 Å². The minimum atomic E-state index is -3.70. The summed E-state index contributed by atoms with van der Waals surface area (Å²) in [6.07, 6.45) is 4.52. The van der Waals surface area contributed by atoms with Gasteiger partial charge in [0.1, 0.15) is 11.4 Å². The van der Waals surface area contributed by atoms with E-state index in [1.54, 1.807) is 62.4 Å². The fraction of sp³-hybridized carbons (Fsp3) is 0.217. The fourth-order valence-corrected chi connectivity index (χ4v) is 4.04. The Morgan fingerprint density at radius 1 is 1.06 bits per heavy atom. The zero-order chi connectivity index (χ0) is 22.4. The van der Waals surface area contributed by atoms with Crippen LogP contribution in [0.1, 0.15) is 42.8 Å². The van der Waals surface area contributed by atoms with Gasteiger partial charge in [0, 0.05) is 6.42 Å². The lowest BCUT2D eigenvalue weighted by atomic mass is 10.1. The van der Waals surface area contributed by atoms with Crippen molar-refractivity contribution in [1.82, 2.24) is 5.16 Å². The Balaban J connectivity index is 1.77. The number of nitrogens with one attached hydrogen (secondary N) is 2. The molecule has 8 heteroatoms. The van der Waals surface area contributed by atoms with Crippen molar-refractivity contribution in [2.45, 2.75) is 38.5 Å². The highest BCUT2D eigenvalue weighted by molar-refractivity contribution is 7.92. The van der Waals surface area contributed by atoms with Crippen LogP contribution in [0.4, 0.5) is 11.4 Å². The minimum Gasteiger partial charge on any atom is -0.354 e. The van der Waals surface area contributed by atoms with Crippen LogP contribution in [0.3, 0.4) is 0 Å². The summed E-state index contributed by atoms with van der Waals surface area (Å²) >= 11 is 0. The molecule has 2 N–H and O–H groups in total. The van der Waals surface area contributed by atoms with Gasteiger partial charge in [-0.25, -0.2) is 8.42 Å². The molecular weight excluding hydrogens is 414 g/mol. The molecule has 1 aromatic heterocycles. The highest BCUT2D eigenvalue weighted by atomic mass is 32.2. The average molecular weight is 440 g/mol. The number of anilines is 2. The monoisotopic (exact) mass is 439 g/mol. The average Bonchev–Trinajstić information content (AvgIpc) is 3.11. The lowest BCUT2D eigenvalue weighted by Gasteiger charge is -2.11. The van der Waals surface area contributed by atoms with E-state index in [9.17, 15) is 13.2 Å². The van der Waals surface area contributed by atoms with E-state index in [4.69, 9.17) is 4.52 Å². The Bertz CT molecular complexity index is 1200. The number of aromatic nitrogens is 1. The van der Waals surface area contributed by atoms with Crippen LogP contribution in [0.15, 0.2) is 57.9 Å². The molecule has 0 aliphatic rings. The second-order valence-corrected chi connectivity index (χ2v) is 8.61. The van der Waals surface area contributed by atoms with Crippen LogP contribution >= 0.6 is 0 Å². The molecule has 0 bridgehead atoms. The van der Waals surface area contributed by atoms with Crippen molar-refractivity contribution in [3.05, 3.63) is 71.1 Å². The number of nitrogens with zero attached hydrogens (tertiary/aromatic N) is 1. The molecule has 2 aromatic carbocycles. The predicted molar refractivity (Wildman–Crippen MR) is 122 cm³/mol. The van der Waals surface area contributed by atoms with Gasteiger partial charge in [0.05, 0.1) is 10.6 Å². The van der Waals surface area contributed by atoms with E-state index in [-0.39, 0.29) is 10.8 Å². The molecule has 0 fully saturated rings. The molecule has 0 radical (unpaired) electrons. The Hall–Kier alpha value is -3.39. The number of amides is 1. The van der Waals surface area contributed by atoms with Crippen LogP contribution in [0.2, 0.25) is 0 Å². The zero-order valence-electron chi connectivity index (χ0n) is 17.7. The number of rotatable bonds is 8. The van der Waals surface area contributed by atoms with Crippen molar-refractivity contribution in [1.29, 1.82) is 0 Å². The molecule has 3 aromatic rings. The number of benzene rings is 2. The van der Waals surface area contributed by atoms with Gasteiger partial charge in [0.25, 0.3) is 10.0 Å².